The molecule has 3 N–H and O–H groups in total. The Morgan fingerprint density at radius 2 is 1.67 bits per heavy atom. The predicted molar refractivity (Wildman–Crippen MR) is 140 cm³/mol. The van der Waals surface area contributed by atoms with E-state index in [-0.39, 0.29) is 39.7 Å². The smallest absolute Gasteiger partial charge is 0.355 e. The summed E-state index contributed by atoms with van der Waals surface area (Å²) >= 11 is 0. The van der Waals surface area contributed by atoms with Crippen molar-refractivity contribution in [3.63, 3.8) is 0 Å². The number of para-hydroxylation sites is 2. The average Bonchev–Trinajstić information content (AvgIpc) is 3.11. The topological polar surface area (TPSA) is 144 Å². The highest BCUT2D eigenvalue weighted by Crippen LogP contribution is 2.44. The molecular weight excluding hydrogens is 500 g/mol. The molecule has 3 aromatic rings. The molecule has 10 heteroatoms. The summed E-state index contributed by atoms with van der Waals surface area (Å²) in [6, 6.07) is 22.3. The Bertz CT molecular complexity index is 1620. The number of esters is 2. The first-order valence-corrected chi connectivity index (χ1v) is 11.8. The van der Waals surface area contributed by atoms with Gasteiger partial charge in [0.05, 0.1) is 48.6 Å². The molecule has 0 saturated carbocycles. The summed E-state index contributed by atoms with van der Waals surface area (Å²) in [4.78, 5) is 40.8. The van der Waals surface area contributed by atoms with Crippen LogP contribution in [0.1, 0.15) is 21.8 Å². The molecule has 0 bridgehead atoms. The van der Waals surface area contributed by atoms with Crippen molar-refractivity contribution in [2.24, 2.45) is 5.73 Å². The van der Waals surface area contributed by atoms with Crippen LogP contribution in [0.4, 0.5) is 11.4 Å². The first-order chi connectivity index (χ1) is 18.9. The molecule has 2 aliphatic rings. The predicted octanol–water partition coefficient (Wildman–Crippen LogP) is 3.94. The SMILES string of the molecule is COC(=O)C1=C(C(=O)OC)N(c2ccc3c(c2)C(=O)Nc2ccccc2O3)C(N)=C(C#N)C1c1ccccc1. The molecule has 0 radical (unpaired) electrons. The molecule has 2 heterocycles. The van der Waals surface area contributed by atoms with E-state index in [1.807, 2.05) is 0 Å². The first-order valence-electron chi connectivity index (χ1n) is 11.8. The van der Waals surface area contributed by atoms with Crippen molar-refractivity contribution >= 4 is 29.2 Å². The zero-order chi connectivity index (χ0) is 27.7. The van der Waals surface area contributed by atoms with E-state index >= 15 is 0 Å². The van der Waals surface area contributed by atoms with Crippen LogP contribution in [-0.4, -0.2) is 32.1 Å². The maximum atomic E-state index is 13.3. The highest BCUT2D eigenvalue weighted by atomic mass is 16.5. The average molecular weight is 523 g/mol. The van der Waals surface area contributed by atoms with Gasteiger partial charge in [0.25, 0.3) is 5.91 Å². The largest absolute Gasteiger partial charge is 0.466 e. The van der Waals surface area contributed by atoms with Crippen molar-refractivity contribution in [3.05, 3.63) is 107 Å². The van der Waals surface area contributed by atoms with Gasteiger partial charge in [-0.15, -0.1) is 0 Å². The molecule has 0 fully saturated rings. The van der Waals surface area contributed by atoms with Crippen molar-refractivity contribution in [2.45, 2.75) is 5.92 Å². The summed E-state index contributed by atoms with van der Waals surface area (Å²) in [5, 5.41) is 13.0. The van der Waals surface area contributed by atoms with Gasteiger partial charge in [0, 0.05) is 5.69 Å². The fourth-order valence-corrected chi connectivity index (χ4v) is 4.67. The summed E-state index contributed by atoms with van der Waals surface area (Å²) in [6.07, 6.45) is 0. The minimum absolute atomic E-state index is 0.0114. The Morgan fingerprint density at radius 1 is 0.974 bits per heavy atom. The minimum atomic E-state index is -1.00. The van der Waals surface area contributed by atoms with Gasteiger partial charge >= 0.3 is 11.9 Å². The number of nitrogens with two attached hydrogens (primary N) is 1. The number of nitrogens with one attached hydrogen (secondary N) is 1. The van der Waals surface area contributed by atoms with Crippen LogP contribution in [-0.2, 0) is 19.1 Å². The first kappa shape index (κ1) is 25.1. The maximum absolute atomic E-state index is 13.3. The molecule has 1 atom stereocenters. The van der Waals surface area contributed by atoms with Crippen molar-refractivity contribution in [1.82, 2.24) is 0 Å². The molecule has 10 nitrogen and oxygen atoms in total. The van der Waals surface area contributed by atoms with Crippen LogP contribution in [0.2, 0.25) is 0 Å². The second kappa shape index (κ2) is 10.1. The second-order valence-electron chi connectivity index (χ2n) is 8.57. The number of anilines is 2. The van der Waals surface area contributed by atoms with E-state index in [0.29, 0.717) is 17.0 Å². The van der Waals surface area contributed by atoms with Gasteiger partial charge in [-0.2, -0.15) is 5.26 Å². The number of benzene rings is 3. The fourth-order valence-electron chi connectivity index (χ4n) is 4.67. The molecule has 1 amide bonds. The molecule has 3 aromatic carbocycles. The number of rotatable bonds is 4. The van der Waals surface area contributed by atoms with E-state index in [4.69, 9.17) is 19.9 Å². The summed E-state index contributed by atoms with van der Waals surface area (Å²) in [5.74, 6) is -2.60. The number of carbonyl (C=O) groups excluding carboxylic acids is 3. The van der Waals surface area contributed by atoms with E-state index in [9.17, 15) is 19.6 Å². The number of nitriles is 1. The van der Waals surface area contributed by atoms with E-state index in [1.165, 1.54) is 18.1 Å². The van der Waals surface area contributed by atoms with Gasteiger partial charge in [0.2, 0.25) is 0 Å². The van der Waals surface area contributed by atoms with Crippen LogP contribution in [0.5, 0.6) is 11.5 Å². The van der Waals surface area contributed by atoms with Crippen molar-refractivity contribution in [3.8, 4) is 17.6 Å². The molecule has 0 aromatic heterocycles. The quantitative estimate of drug-likeness (QED) is 0.487. The maximum Gasteiger partial charge on any atom is 0.355 e. The zero-order valence-corrected chi connectivity index (χ0v) is 20.9. The molecule has 0 saturated heterocycles. The van der Waals surface area contributed by atoms with Crippen molar-refractivity contribution < 1.29 is 28.6 Å². The lowest BCUT2D eigenvalue weighted by molar-refractivity contribution is -0.139. The highest BCUT2D eigenvalue weighted by molar-refractivity contribution is 6.10. The Labute approximate surface area is 223 Å². The standard InChI is InChI=1S/C29H22N4O6/c1-37-28(35)24-23(16-8-4-3-5-9-16)19(15-30)26(31)33(25(24)29(36)38-2)17-12-13-21-18(14-17)27(34)32-20-10-6-7-11-22(20)39-21/h3-14,23H,31H2,1-2H3,(H,32,34). The van der Waals surface area contributed by atoms with E-state index in [2.05, 4.69) is 11.4 Å². The third-order valence-electron chi connectivity index (χ3n) is 6.43. The van der Waals surface area contributed by atoms with Gasteiger partial charge < -0.3 is 25.3 Å². The Kier molecular flexibility index (Phi) is 6.48. The lowest BCUT2D eigenvalue weighted by atomic mass is 9.81. The number of fused-ring (bicyclic) bond motifs is 2. The van der Waals surface area contributed by atoms with Crippen LogP contribution in [0.3, 0.4) is 0 Å². The van der Waals surface area contributed by atoms with Crippen molar-refractivity contribution in [1.29, 1.82) is 5.26 Å². The Morgan fingerprint density at radius 3 is 2.36 bits per heavy atom. The highest BCUT2D eigenvalue weighted by Gasteiger charge is 2.43. The number of allylic oxidation sites excluding steroid dienone is 1. The lowest BCUT2D eigenvalue weighted by Crippen LogP contribution is -2.40. The zero-order valence-electron chi connectivity index (χ0n) is 20.9. The molecule has 194 valence electrons. The number of hydrogen-bond donors (Lipinski definition) is 2. The fraction of sp³-hybridized carbons (Fsp3) is 0.103. The number of methoxy groups -OCH3 is 2. The van der Waals surface area contributed by atoms with Crippen LogP contribution in [0.25, 0.3) is 0 Å². The van der Waals surface area contributed by atoms with Gasteiger partial charge in [-0.05, 0) is 35.9 Å². The lowest BCUT2D eigenvalue weighted by Gasteiger charge is -2.36. The summed E-state index contributed by atoms with van der Waals surface area (Å²) in [7, 11) is 2.33. The van der Waals surface area contributed by atoms with E-state index in [0.717, 1.165) is 7.11 Å². The van der Waals surface area contributed by atoms with Gasteiger partial charge in [-0.25, -0.2) is 9.59 Å². The number of ether oxygens (including phenoxy) is 3. The Hall–Kier alpha value is -5.56. The second-order valence-corrected chi connectivity index (χ2v) is 8.57. The third-order valence-corrected chi connectivity index (χ3v) is 6.43. The molecule has 39 heavy (non-hydrogen) atoms. The van der Waals surface area contributed by atoms with Gasteiger partial charge in [0.15, 0.2) is 5.75 Å². The van der Waals surface area contributed by atoms with Gasteiger partial charge in [0.1, 0.15) is 17.3 Å². The normalized spacial score (nSPS) is 16.2. The van der Waals surface area contributed by atoms with Crippen LogP contribution >= 0.6 is 0 Å². The van der Waals surface area contributed by atoms with Crippen LogP contribution in [0, 0.1) is 11.3 Å². The van der Waals surface area contributed by atoms with E-state index in [1.54, 1.807) is 66.7 Å². The monoisotopic (exact) mass is 522 g/mol. The summed E-state index contributed by atoms with van der Waals surface area (Å²) in [5.41, 5.74) is 7.58. The van der Waals surface area contributed by atoms with Crippen LogP contribution < -0.4 is 20.7 Å². The molecule has 2 aliphatic heterocycles. The molecule has 5 rings (SSSR count). The van der Waals surface area contributed by atoms with Gasteiger partial charge in [-0.3, -0.25) is 9.69 Å². The van der Waals surface area contributed by atoms with E-state index < -0.39 is 23.8 Å². The number of amides is 1. The number of nitrogens with zero attached hydrogens (tertiary/aromatic N) is 2. The van der Waals surface area contributed by atoms with Crippen molar-refractivity contribution in [2.75, 3.05) is 24.4 Å². The molecular formula is C29H22N4O6. The summed E-state index contributed by atoms with van der Waals surface area (Å²) in [6.45, 7) is 0. The Balaban J connectivity index is 1.74. The minimum Gasteiger partial charge on any atom is -0.466 e. The molecule has 1 unspecified atom stereocenters. The third kappa shape index (κ3) is 4.22. The molecule has 0 aliphatic carbocycles. The van der Waals surface area contributed by atoms with Gasteiger partial charge in [-0.1, -0.05) is 42.5 Å². The molecule has 0 spiro atoms. The summed E-state index contributed by atoms with van der Waals surface area (Å²) < 4.78 is 16.1. The number of hydrogen-bond acceptors (Lipinski definition) is 9. The van der Waals surface area contributed by atoms with Crippen LogP contribution in [0.15, 0.2) is 95.5 Å². The number of carbonyl (C=O) groups is 3.